The Morgan fingerprint density at radius 1 is 1.00 bits per heavy atom. The molecule has 6 nitrogen and oxygen atoms in total. The minimum Gasteiger partial charge on any atom is -0.504 e. The molecule has 0 fully saturated rings. The zero-order valence-electron chi connectivity index (χ0n) is 9.99. The van der Waals surface area contributed by atoms with E-state index in [1.807, 2.05) is 6.07 Å². The molecular weight excluding hydrogens is 326 g/mol. The van der Waals surface area contributed by atoms with Crippen molar-refractivity contribution in [3.63, 3.8) is 0 Å². The van der Waals surface area contributed by atoms with Gasteiger partial charge in [0.15, 0.2) is 11.5 Å². The Labute approximate surface area is 121 Å². The van der Waals surface area contributed by atoms with Crippen molar-refractivity contribution in [1.29, 1.82) is 0 Å². The van der Waals surface area contributed by atoms with Crippen LogP contribution in [0.2, 0.25) is 0 Å². The fourth-order valence-electron chi connectivity index (χ4n) is 1.65. The molecule has 0 saturated carbocycles. The van der Waals surface area contributed by atoms with E-state index >= 15 is 0 Å². The lowest BCUT2D eigenvalue weighted by Gasteiger charge is -1.98. The van der Waals surface area contributed by atoms with Crippen molar-refractivity contribution in [2.75, 3.05) is 0 Å². The van der Waals surface area contributed by atoms with Gasteiger partial charge in [-0.25, -0.2) is 0 Å². The topological polar surface area (TPSA) is 92.3 Å². The molecule has 3 aromatic rings. The Hall–Kier alpha value is -2.41. The standard InChI is InChI=1S/C13H8BrN3O3/c14-9-3-8(5-15-6-9)12-16-13(20-17-12)7-1-2-10(18)11(19)4-7/h1-6,18-19H. The second-order valence-corrected chi connectivity index (χ2v) is 4.93. The number of hydrogen-bond acceptors (Lipinski definition) is 6. The Kier molecular flexibility index (Phi) is 3.11. The minimum absolute atomic E-state index is 0.204. The zero-order chi connectivity index (χ0) is 14.1. The molecule has 0 radical (unpaired) electrons. The lowest BCUT2D eigenvalue weighted by Crippen LogP contribution is -1.83. The second-order valence-electron chi connectivity index (χ2n) is 4.02. The van der Waals surface area contributed by atoms with Crippen molar-refractivity contribution in [3.05, 3.63) is 41.1 Å². The predicted octanol–water partition coefficient (Wildman–Crippen LogP) is 2.97. The molecule has 0 aliphatic heterocycles. The van der Waals surface area contributed by atoms with Gasteiger partial charge in [0, 0.05) is 28.0 Å². The maximum absolute atomic E-state index is 9.47. The van der Waals surface area contributed by atoms with Crippen LogP contribution in [0.1, 0.15) is 0 Å². The predicted molar refractivity (Wildman–Crippen MR) is 74.0 cm³/mol. The van der Waals surface area contributed by atoms with Crippen LogP contribution in [0.4, 0.5) is 0 Å². The lowest BCUT2D eigenvalue weighted by atomic mass is 10.2. The van der Waals surface area contributed by atoms with Crippen molar-refractivity contribution < 1.29 is 14.7 Å². The van der Waals surface area contributed by atoms with E-state index in [4.69, 9.17) is 4.52 Å². The monoisotopic (exact) mass is 333 g/mol. The van der Waals surface area contributed by atoms with Crippen molar-refractivity contribution in [2.24, 2.45) is 0 Å². The first kappa shape index (κ1) is 12.6. The van der Waals surface area contributed by atoms with E-state index in [2.05, 4.69) is 31.1 Å². The highest BCUT2D eigenvalue weighted by molar-refractivity contribution is 9.10. The Balaban J connectivity index is 1.99. The number of hydrogen-bond donors (Lipinski definition) is 2. The van der Waals surface area contributed by atoms with Gasteiger partial charge in [0.2, 0.25) is 5.82 Å². The van der Waals surface area contributed by atoms with E-state index in [0.29, 0.717) is 17.0 Å². The number of phenolic OH excluding ortho intramolecular Hbond substituents is 2. The van der Waals surface area contributed by atoms with Gasteiger partial charge in [-0.05, 0) is 40.2 Å². The summed E-state index contributed by atoms with van der Waals surface area (Å²) < 4.78 is 5.95. The molecule has 2 N–H and O–H groups in total. The van der Waals surface area contributed by atoms with Crippen molar-refractivity contribution >= 4 is 15.9 Å². The average molecular weight is 334 g/mol. The summed E-state index contributed by atoms with van der Waals surface area (Å²) in [7, 11) is 0. The van der Waals surface area contributed by atoms with E-state index in [9.17, 15) is 10.2 Å². The number of pyridine rings is 1. The first-order chi connectivity index (χ1) is 9.63. The van der Waals surface area contributed by atoms with Gasteiger partial charge < -0.3 is 14.7 Å². The smallest absolute Gasteiger partial charge is 0.258 e. The molecule has 0 spiro atoms. The van der Waals surface area contributed by atoms with E-state index in [-0.39, 0.29) is 17.4 Å². The molecule has 0 amide bonds. The maximum atomic E-state index is 9.47. The molecule has 20 heavy (non-hydrogen) atoms. The average Bonchev–Trinajstić information content (AvgIpc) is 2.92. The molecule has 2 heterocycles. The van der Waals surface area contributed by atoms with Gasteiger partial charge in [0.1, 0.15) is 0 Å². The summed E-state index contributed by atoms with van der Waals surface area (Å²) in [5, 5.41) is 22.6. The van der Waals surface area contributed by atoms with Crippen LogP contribution in [0.15, 0.2) is 45.7 Å². The molecule has 7 heteroatoms. The third-order valence-electron chi connectivity index (χ3n) is 2.61. The normalized spacial score (nSPS) is 10.7. The fraction of sp³-hybridized carbons (Fsp3) is 0. The van der Waals surface area contributed by atoms with Crippen molar-refractivity contribution in [3.8, 4) is 34.3 Å². The number of phenols is 2. The van der Waals surface area contributed by atoms with Gasteiger partial charge in [-0.3, -0.25) is 4.98 Å². The summed E-state index contributed by atoms with van der Waals surface area (Å²) in [6, 6.07) is 6.10. The van der Waals surface area contributed by atoms with Crippen LogP contribution in [0, 0.1) is 0 Å². The third kappa shape index (κ3) is 2.35. The number of nitrogens with zero attached hydrogens (tertiary/aromatic N) is 3. The van der Waals surface area contributed by atoms with E-state index in [0.717, 1.165) is 4.47 Å². The van der Waals surface area contributed by atoms with Gasteiger partial charge in [-0.15, -0.1) is 0 Å². The highest BCUT2D eigenvalue weighted by Gasteiger charge is 2.12. The molecule has 3 rings (SSSR count). The SMILES string of the molecule is Oc1ccc(-c2nc(-c3cncc(Br)c3)no2)cc1O. The zero-order valence-corrected chi connectivity index (χ0v) is 11.6. The van der Waals surface area contributed by atoms with Gasteiger partial charge in [-0.2, -0.15) is 4.98 Å². The summed E-state index contributed by atoms with van der Waals surface area (Å²) in [5.74, 6) is 0.188. The Morgan fingerprint density at radius 2 is 1.85 bits per heavy atom. The van der Waals surface area contributed by atoms with Crippen LogP contribution >= 0.6 is 15.9 Å². The number of benzene rings is 1. The summed E-state index contributed by atoms with van der Waals surface area (Å²) in [6.07, 6.45) is 3.27. The third-order valence-corrected chi connectivity index (χ3v) is 3.05. The summed E-state index contributed by atoms with van der Waals surface area (Å²) in [6.45, 7) is 0. The second kappa shape index (κ2) is 4.93. The largest absolute Gasteiger partial charge is 0.504 e. The fourth-order valence-corrected chi connectivity index (χ4v) is 2.01. The number of halogens is 1. The van der Waals surface area contributed by atoms with Gasteiger partial charge in [-0.1, -0.05) is 5.16 Å². The quantitative estimate of drug-likeness (QED) is 0.700. The molecule has 0 bridgehead atoms. The summed E-state index contributed by atoms with van der Waals surface area (Å²) in [4.78, 5) is 8.26. The van der Waals surface area contributed by atoms with Crippen LogP contribution in [0.25, 0.3) is 22.8 Å². The van der Waals surface area contributed by atoms with Gasteiger partial charge >= 0.3 is 0 Å². The van der Waals surface area contributed by atoms with Crippen LogP contribution in [0.3, 0.4) is 0 Å². The Morgan fingerprint density at radius 3 is 2.60 bits per heavy atom. The van der Waals surface area contributed by atoms with E-state index in [1.54, 1.807) is 18.5 Å². The highest BCUT2D eigenvalue weighted by Crippen LogP contribution is 2.30. The van der Waals surface area contributed by atoms with Gasteiger partial charge in [0.05, 0.1) is 0 Å². The van der Waals surface area contributed by atoms with E-state index in [1.165, 1.54) is 12.1 Å². The first-order valence-electron chi connectivity index (χ1n) is 5.60. The molecule has 1 aromatic carbocycles. The van der Waals surface area contributed by atoms with Crippen LogP contribution in [-0.2, 0) is 0 Å². The lowest BCUT2D eigenvalue weighted by molar-refractivity contribution is 0.402. The molecule has 0 atom stereocenters. The van der Waals surface area contributed by atoms with Crippen LogP contribution in [0.5, 0.6) is 11.5 Å². The highest BCUT2D eigenvalue weighted by atomic mass is 79.9. The molecular formula is C13H8BrN3O3. The first-order valence-corrected chi connectivity index (χ1v) is 6.40. The maximum Gasteiger partial charge on any atom is 0.258 e. The molecule has 0 aliphatic carbocycles. The number of aromatic hydroxyl groups is 2. The molecule has 0 aliphatic rings. The molecule has 2 aromatic heterocycles. The number of rotatable bonds is 2. The van der Waals surface area contributed by atoms with Crippen LogP contribution < -0.4 is 0 Å². The van der Waals surface area contributed by atoms with E-state index < -0.39 is 0 Å². The van der Waals surface area contributed by atoms with Crippen LogP contribution in [-0.4, -0.2) is 25.3 Å². The van der Waals surface area contributed by atoms with Gasteiger partial charge in [0.25, 0.3) is 5.89 Å². The Bertz CT molecular complexity index is 773. The summed E-state index contributed by atoms with van der Waals surface area (Å²) in [5.41, 5.74) is 1.22. The summed E-state index contributed by atoms with van der Waals surface area (Å²) >= 11 is 3.32. The molecule has 0 saturated heterocycles. The van der Waals surface area contributed by atoms with Crippen molar-refractivity contribution in [1.82, 2.24) is 15.1 Å². The van der Waals surface area contributed by atoms with Crippen molar-refractivity contribution in [2.45, 2.75) is 0 Å². The minimum atomic E-state index is -0.244. The number of aromatic nitrogens is 3. The molecule has 100 valence electrons. The molecule has 0 unspecified atom stereocenters.